The Hall–Kier alpha value is -3.16. The molecule has 6 rings (SSSR count). The predicted molar refractivity (Wildman–Crippen MR) is 147 cm³/mol. The number of aromatic nitrogens is 1. The van der Waals surface area contributed by atoms with Crippen molar-refractivity contribution in [3.8, 4) is 11.3 Å². The van der Waals surface area contributed by atoms with Gasteiger partial charge in [-0.3, -0.25) is 4.79 Å². The summed E-state index contributed by atoms with van der Waals surface area (Å²) in [6, 6.07) is 15.5. The van der Waals surface area contributed by atoms with Crippen LogP contribution in [0.15, 0.2) is 42.5 Å². The maximum Gasteiger partial charge on any atom is 0.263 e. The Kier molecular flexibility index (Phi) is 5.61. The summed E-state index contributed by atoms with van der Waals surface area (Å²) < 4.78 is 1.11. The van der Waals surface area contributed by atoms with Gasteiger partial charge in [-0.05, 0) is 60.9 Å². The molecule has 7 heteroatoms. The van der Waals surface area contributed by atoms with Gasteiger partial charge in [0.05, 0.1) is 16.9 Å². The molecule has 0 unspecified atom stereocenters. The van der Waals surface area contributed by atoms with E-state index in [9.17, 15) is 4.79 Å². The van der Waals surface area contributed by atoms with E-state index in [0.717, 1.165) is 69.0 Å². The molecular weight excluding hydrogens is 454 g/mol. The van der Waals surface area contributed by atoms with Gasteiger partial charge in [0, 0.05) is 65.5 Å². The summed E-state index contributed by atoms with van der Waals surface area (Å²) in [6.07, 6.45) is 0. The van der Waals surface area contributed by atoms with E-state index in [-0.39, 0.29) is 11.9 Å². The Morgan fingerprint density at radius 2 is 1.91 bits per heavy atom. The monoisotopic (exact) mass is 485 g/mol. The molecule has 2 aliphatic rings. The fourth-order valence-electron chi connectivity index (χ4n) is 5.11. The van der Waals surface area contributed by atoms with Gasteiger partial charge in [-0.25, -0.2) is 4.98 Å². The number of pyridine rings is 1. The third kappa shape index (κ3) is 4.02. The van der Waals surface area contributed by atoms with E-state index in [1.807, 2.05) is 6.92 Å². The lowest BCUT2D eigenvalue weighted by Gasteiger charge is -2.30. The molecule has 35 heavy (non-hydrogen) atoms. The van der Waals surface area contributed by atoms with Crippen molar-refractivity contribution in [2.24, 2.45) is 0 Å². The van der Waals surface area contributed by atoms with Gasteiger partial charge in [0.15, 0.2) is 0 Å². The molecule has 0 saturated carbocycles. The van der Waals surface area contributed by atoms with E-state index in [2.05, 4.69) is 77.2 Å². The highest BCUT2D eigenvalue weighted by Gasteiger charge is 2.25. The van der Waals surface area contributed by atoms with E-state index in [1.165, 1.54) is 11.3 Å². The van der Waals surface area contributed by atoms with Crippen LogP contribution in [0.5, 0.6) is 0 Å². The normalized spacial score (nSPS) is 18.5. The number of nitrogens with one attached hydrogen (secondary N) is 3. The van der Waals surface area contributed by atoms with Crippen LogP contribution in [0.2, 0.25) is 0 Å². The summed E-state index contributed by atoms with van der Waals surface area (Å²) >= 11 is 1.55. The van der Waals surface area contributed by atoms with Crippen LogP contribution in [-0.2, 0) is 0 Å². The maximum atomic E-state index is 12.7. The Morgan fingerprint density at radius 3 is 2.71 bits per heavy atom. The minimum Gasteiger partial charge on any atom is -0.381 e. The van der Waals surface area contributed by atoms with Gasteiger partial charge in [-0.2, -0.15) is 0 Å². The summed E-state index contributed by atoms with van der Waals surface area (Å²) in [6.45, 7) is 11.3. The van der Waals surface area contributed by atoms with Crippen LogP contribution >= 0.6 is 11.3 Å². The van der Waals surface area contributed by atoms with E-state index < -0.39 is 0 Å². The molecule has 2 aliphatic heterocycles. The number of benzene rings is 2. The summed E-state index contributed by atoms with van der Waals surface area (Å²) in [7, 11) is 0. The molecule has 1 atom stereocenters. The van der Waals surface area contributed by atoms with Crippen molar-refractivity contribution in [3.05, 3.63) is 52.9 Å². The van der Waals surface area contributed by atoms with Crippen molar-refractivity contribution in [1.82, 2.24) is 15.6 Å². The Bertz CT molecular complexity index is 1440. The zero-order valence-corrected chi connectivity index (χ0v) is 21.3. The Balaban J connectivity index is 1.47. The number of amides is 1. The van der Waals surface area contributed by atoms with Crippen molar-refractivity contribution in [2.45, 2.75) is 32.7 Å². The minimum atomic E-state index is 0.00220. The van der Waals surface area contributed by atoms with Crippen LogP contribution in [0.3, 0.4) is 0 Å². The Morgan fingerprint density at radius 1 is 1.09 bits per heavy atom. The van der Waals surface area contributed by atoms with Crippen molar-refractivity contribution in [3.63, 3.8) is 0 Å². The lowest BCUT2D eigenvalue weighted by molar-refractivity contribution is 0.0949. The molecule has 3 N–H and O–H groups in total. The number of hydrogen-bond acceptors (Lipinski definition) is 6. The minimum absolute atomic E-state index is 0.00220. The van der Waals surface area contributed by atoms with Gasteiger partial charge in [0.2, 0.25) is 0 Å². The van der Waals surface area contributed by atoms with Gasteiger partial charge < -0.3 is 20.9 Å². The zero-order chi connectivity index (χ0) is 24.1. The van der Waals surface area contributed by atoms with E-state index >= 15 is 0 Å². The second-order valence-electron chi connectivity index (χ2n) is 9.97. The van der Waals surface area contributed by atoms with E-state index in [4.69, 9.17) is 4.98 Å². The second kappa shape index (κ2) is 8.81. The average molecular weight is 486 g/mol. The van der Waals surface area contributed by atoms with Gasteiger partial charge in [0.25, 0.3) is 5.91 Å². The largest absolute Gasteiger partial charge is 0.381 e. The Labute approximate surface area is 209 Å². The van der Waals surface area contributed by atoms with E-state index in [1.54, 1.807) is 11.3 Å². The molecule has 1 fully saturated rings. The number of carbonyl (C=O) groups excluding carboxylic acids is 1. The molecule has 2 aromatic carbocycles. The summed E-state index contributed by atoms with van der Waals surface area (Å²) in [4.78, 5) is 21.1. The lowest BCUT2D eigenvalue weighted by atomic mass is 9.97. The van der Waals surface area contributed by atoms with Crippen LogP contribution in [0, 0.1) is 0 Å². The molecule has 180 valence electrons. The molecule has 6 nitrogen and oxygen atoms in total. The van der Waals surface area contributed by atoms with Crippen molar-refractivity contribution >= 4 is 49.6 Å². The van der Waals surface area contributed by atoms with Crippen molar-refractivity contribution in [2.75, 3.05) is 42.9 Å². The number of rotatable bonds is 3. The number of hydrogen-bond donors (Lipinski definition) is 3. The summed E-state index contributed by atoms with van der Waals surface area (Å²) in [5.74, 6) is 0.444. The van der Waals surface area contributed by atoms with Crippen LogP contribution in [-0.4, -0.2) is 49.7 Å². The lowest BCUT2D eigenvalue weighted by Crippen LogP contribution is -2.43. The smallest absolute Gasteiger partial charge is 0.263 e. The molecule has 0 spiro atoms. The molecular formula is C28H31N5OS. The fraction of sp³-hybridized carbons (Fsp3) is 0.357. The standard InChI is InChI=1S/C28H31N5OS/c1-16(2)18-12-19(14-20(13-18)33-10-8-29-9-11-33)22-5-4-21-23(32-22)6-7-24-25(21)26-27(35-24)28(34)31-17(3)15-30-26/h4-7,12-14,16-17,29-30H,8-11,15H2,1-3H3,(H,31,34)/t17-/m1/s1. The van der Waals surface area contributed by atoms with Crippen LogP contribution in [0.1, 0.15) is 41.9 Å². The first-order valence-electron chi connectivity index (χ1n) is 12.5. The third-order valence-corrected chi connectivity index (χ3v) is 8.23. The molecule has 2 aromatic heterocycles. The number of fused-ring (bicyclic) bond motifs is 5. The topological polar surface area (TPSA) is 69.3 Å². The van der Waals surface area contributed by atoms with Crippen molar-refractivity contribution in [1.29, 1.82) is 0 Å². The number of thiophene rings is 1. The summed E-state index contributed by atoms with van der Waals surface area (Å²) in [5.41, 5.74) is 6.64. The highest BCUT2D eigenvalue weighted by atomic mass is 32.1. The van der Waals surface area contributed by atoms with Crippen LogP contribution < -0.4 is 20.9 Å². The zero-order valence-electron chi connectivity index (χ0n) is 20.4. The van der Waals surface area contributed by atoms with Gasteiger partial charge in [-0.1, -0.05) is 13.8 Å². The van der Waals surface area contributed by atoms with Crippen LogP contribution in [0.25, 0.3) is 32.2 Å². The highest BCUT2D eigenvalue weighted by Crippen LogP contribution is 2.41. The quantitative estimate of drug-likeness (QED) is 0.372. The average Bonchev–Trinajstić information content (AvgIpc) is 3.20. The van der Waals surface area contributed by atoms with Crippen molar-refractivity contribution < 1.29 is 4.79 Å². The molecule has 0 radical (unpaired) electrons. The summed E-state index contributed by atoms with van der Waals surface area (Å²) in [5, 5.41) is 12.2. The van der Waals surface area contributed by atoms with Gasteiger partial charge in [0.1, 0.15) is 4.88 Å². The predicted octanol–water partition coefficient (Wildman–Crippen LogP) is 5.19. The van der Waals surface area contributed by atoms with Crippen LogP contribution in [0.4, 0.5) is 11.4 Å². The first-order valence-corrected chi connectivity index (χ1v) is 13.3. The molecule has 1 saturated heterocycles. The molecule has 1 amide bonds. The first-order chi connectivity index (χ1) is 17.0. The fourth-order valence-corrected chi connectivity index (χ4v) is 6.21. The molecule has 0 aliphatic carbocycles. The number of piperazine rings is 1. The second-order valence-corrected chi connectivity index (χ2v) is 11.0. The highest BCUT2D eigenvalue weighted by molar-refractivity contribution is 7.21. The van der Waals surface area contributed by atoms with E-state index in [0.29, 0.717) is 12.5 Å². The number of anilines is 2. The third-order valence-electron chi connectivity index (χ3n) is 7.08. The SMILES string of the molecule is CC(C)c1cc(-c2ccc3c(ccc4sc5c(c43)NC[C@@H](C)NC5=O)n2)cc(N2CCNCC2)c1. The maximum absolute atomic E-state index is 12.7. The first kappa shape index (κ1) is 22.3. The molecule has 0 bridgehead atoms. The number of nitrogens with zero attached hydrogens (tertiary/aromatic N) is 2. The number of carbonyl (C=O) groups is 1. The van der Waals surface area contributed by atoms with Gasteiger partial charge >= 0.3 is 0 Å². The molecule has 4 heterocycles. The van der Waals surface area contributed by atoms with Gasteiger partial charge in [-0.15, -0.1) is 11.3 Å². The molecule has 4 aromatic rings.